The number of carboxylic acids is 1. The molecule has 4 nitrogen and oxygen atoms in total. The molecule has 4 heteroatoms. The monoisotopic (exact) mass is 246 g/mol. The van der Waals surface area contributed by atoms with Crippen molar-refractivity contribution in [2.45, 2.75) is 33.7 Å². The van der Waals surface area contributed by atoms with Gasteiger partial charge in [0.25, 0.3) is 0 Å². The van der Waals surface area contributed by atoms with Crippen LogP contribution in [0.15, 0.2) is 18.2 Å². The normalized spacial score (nSPS) is 11.3. The zero-order chi connectivity index (χ0) is 13.3. The van der Waals surface area contributed by atoms with Gasteiger partial charge < -0.3 is 9.67 Å². The number of hydrogen-bond acceptors (Lipinski definition) is 2. The van der Waals surface area contributed by atoms with Crippen LogP contribution in [-0.2, 0) is 13.0 Å². The highest BCUT2D eigenvalue weighted by Gasteiger charge is 2.17. The predicted molar refractivity (Wildman–Crippen MR) is 70.9 cm³/mol. The van der Waals surface area contributed by atoms with E-state index in [2.05, 4.69) is 18.8 Å². The molecule has 0 radical (unpaired) electrons. The van der Waals surface area contributed by atoms with Crippen LogP contribution < -0.4 is 0 Å². The first-order valence-electron chi connectivity index (χ1n) is 6.26. The summed E-state index contributed by atoms with van der Waals surface area (Å²) in [6.45, 7) is 7.08. The minimum absolute atomic E-state index is 0.334. The molecule has 0 atom stereocenters. The van der Waals surface area contributed by atoms with Crippen molar-refractivity contribution in [1.29, 1.82) is 0 Å². The van der Waals surface area contributed by atoms with Gasteiger partial charge in [0.2, 0.25) is 0 Å². The molecule has 0 unspecified atom stereocenters. The first-order valence-corrected chi connectivity index (χ1v) is 6.26. The van der Waals surface area contributed by atoms with Crippen molar-refractivity contribution in [2.75, 3.05) is 0 Å². The molecule has 0 aliphatic heterocycles. The molecule has 2 rings (SSSR count). The molecule has 1 aromatic heterocycles. The molecule has 96 valence electrons. The average molecular weight is 246 g/mol. The SMILES string of the molecule is CCc1nc2cccc(C(=O)O)c2n1CC(C)C. The van der Waals surface area contributed by atoms with Crippen molar-refractivity contribution < 1.29 is 9.90 Å². The van der Waals surface area contributed by atoms with Crippen molar-refractivity contribution in [3.05, 3.63) is 29.6 Å². The summed E-state index contributed by atoms with van der Waals surface area (Å²) in [6, 6.07) is 5.26. The second-order valence-electron chi connectivity index (χ2n) is 4.86. The van der Waals surface area contributed by atoms with E-state index in [1.807, 2.05) is 17.6 Å². The summed E-state index contributed by atoms with van der Waals surface area (Å²) in [5.74, 6) is 0.509. The molecule has 1 aromatic carbocycles. The van der Waals surface area contributed by atoms with Crippen LogP contribution in [0, 0.1) is 5.92 Å². The summed E-state index contributed by atoms with van der Waals surface area (Å²) in [7, 11) is 0. The Morgan fingerprint density at radius 1 is 1.44 bits per heavy atom. The van der Waals surface area contributed by atoms with Gasteiger partial charge in [0, 0.05) is 13.0 Å². The predicted octanol–water partition coefficient (Wildman–Crippen LogP) is 2.95. The Labute approximate surface area is 106 Å². The fraction of sp³-hybridized carbons (Fsp3) is 0.429. The summed E-state index contributed by atoms with van der Waals surface area (Å²) >= 11 is 0. The van der Waals surface area contributed by atoms with E-state index >= 15 is 0 Å². The van der Waals surface area contributed by atoms with Crippen LogP contribution in [0.5, 0.6) is 0 Å². The molecule has 1 heterocycles. The van der Waals surface area contributed by atoms with Crippen LogP contribution in [0.25, 0.3) is 11.0 Å². The fourth-order valence-corrected chi connectivity index (χ4v) is 2.24. The zero-order valence-electron chi connectivity index (χ0n) is 11.0. The van der Waals surface area contributed by atoms with Gasteiger partial charge in [-0.3, -0.25) is 0 Å². The molecule has 2 aromatic rings. The molecule has 0 saturated heterocycles. The molecule has 18 heavy (non-hydrogen) atoms. The lowest BCUT2D eigenvalue weighted by Gasteiger charge is -2.11. The van der Waals surface area contributed by atoms with Gasteiger partial charge in [-0.15, -0.1) is 0 Å². The Morgan fingerprint density at radius 3 is 2.72 bits per heavy atom. The second kappa shape index (κ2) is 4.80. The Morgan fingerprint density at radius 2 is 2.17 bits per heavy atom. The highest BCUT2D eigenvalue weighted by atomic mass is 16.4. The van der Waals surface area contributed by atoms with E-state index in [9.17, 15) is 9.90 Å². The molecule has 0 aliphatic carbocycles. The largest absolute Gasteiger partial charge is 0.478 e. The Balaban J connectivity index is 2.73. The second-order valence-corrected chi connectivity index (χ2v) is 4.86. The summed E-state index contributed by atoms with van der Waals surface area (Å²) < 4.78 is 2.05. The van der Waals surface area contributed by atoms with Crippen LogP contribution in [-0.4, -0.2) is 20.6 Å². The van der Waals surface area contributed by atoms with Gasteiger partial charge in [0.1, 0.15) is 5.82 Å². The van der Waals surface area contributed by atoms with Gasteiger partial charge in [-0.2, -0.15) is 0 Å². The number of nitrogens with zero attached hydrogens (tertiary/aromatic N) is 2. The number of aryl methyl sites for hydroxylation is 1. The minimum atomic E-state index is -0.895. The molecule has 0 amide bonds. The lowest BCUT2D eigenvalue weighted by Crippen LogP contribution is -2.10. The molecular weight excluding hydrogens is 228 g/mol. The van der Waals surface area contributed by atoms with Gasteiger partial charge >= 0.3 is 5.97 Å². The van der Waals surface area contributed by atoms with Gasteiger partial charge in [-0.05, 0) is 18.1 Å². The van der Waals surface area contributed by atoms with E-state index in [0.717, 1.165) is 29.8 Å². The number of carbonyl (C=O) groups is 1. The highest BCUT2D eigenvalue weighted by molar-refractivity contribution is 6.01. The third kappa shape index (κ3) is 2.10. The van der Waals surface area contributed by atoms with Crippen LogP contribution in [0.2, 0.25) is 0 Å². The smallest absolute Gasteiger partial charge is 0.337 e. The summed E-state index contributed by atoms with van der Waals surface area (Å²) in [6.07, 6.45) is 0.806. The third-order valence-corrected chi connectivity index (χ3v) is 2.94. The Bertz CT molecular complexity index is 585. The minimum Gasteiger partial charge on any atom is -0.478 e. The number of hydrogen-bond donors (Lipinski definition) is 1. The maximum Gasteiger partial charge on any atom is 0.337 e. The maximum absolute atomic E-state index is 11.3. The lowest BCUT2D eigenvalue weighted by atomic mass is 10.1. The average Bonchev–Trinajstić information content (AvgIpc) is 2.66. The highest BCUT2D eigenvalue weighted by Crippen LogP contribution is 2.22. The van der Waals surface area contributed by atoms with Crippen molar-refractivity contribution in [3.63, 3.8) is 0 Å². The van der Waals surface area contributed by atoms with E-state index in [0.29, 0.717) is 11.5 Å². The first-order chi connectivity index (χ1) is 8.54. The number of benzene rings is 1. The lowest BCUT2D eigenvalue weighted by molar-refractivity contribution is 0.0698. The molecule has 0 saturated carbocycles. The standard InChI is InChI=1S/C14H18N2O2/c1-4-12-15-11-7-5-6-10(14(17)18)13(11)16(12)8-9(2)3/h5-7,9H,4,8H2,1-3H3,(H,17,18). The Hall–Kier alpha value is -1.84. The van der Waals surface area contributed by atoms with Crippen molar-refractivity contribution in [2.24, 2.45) is 5.92 Å². The van der Waals surface area contributed by atoms with E-state index in [-0.39, 0.29) is 0 Å². The molecule has 0 aliphatic rings. The van der Waals surface area contributed by atoms with Gasteiger partial charge in [0.15, 0.2) is 0 Å². The number of imidazole rings is 1. The van der Waals surface area contributed by atoms with Crippen LogP contribution in [0.4, 0.5) is 0 Å². The number of para-hydroxylation sites is 1. The topological polar surface area (TPSA) is 55.1 Å². The van der Waals surface area contributed by atoms with E-state index < -0.39 is 5.97 Å². The van der Waals surface area contributed by atoms with Crippen molar-refractivity contribution in [1.82, 2.24) is 9.55 Å². The van der Waals surface area contributed by atoms with Crippen molar-refractivity contribution >= 4 is 17.0 Å². The number of aromatic nitrogens is 2. The van der Waals surface area contributed by atoms with Crippen LogP contribution in [0.3, 0.4) is 0 Å². The summed E-state index contributed by atoms with van der Waals surface area (Å²) in [4.78, 5) is 15.8. The van der Waals surface area contributed by atoms with E-state index in [4.69, 9.17) is 0 Å². The maximum atomic E-state index is 11.3. The zero-order valence-corrected chi connectivity index (χ0v) is 11.0. The third-order valence-electron chi connectivity index (χ3n) is 2.94. The number of carboxylic acid groups (broad SMARTS) is 1. The molecule has 0 spiro atoms. The number of fused-ring (bicyclic) bond motifs is 1. The quantitative estimate of drug-likeness (QED) is 0.902. The number of rotatable bonds is 4. The van der Waals surface area contributed by atoms with Crippen LogP contribution in [0.1, 0.15) is 37.0 Å². The first kappa shape index (κ1) is 12.6. The molecular formula is C14H18N2O2. The molecule has 1 N–H and O–H groups in total. The molecule has 0 fully saturated rings. The van der Waals surface area contributed by atoms with Gasteiger partial charge in [-0.25, -0.2) is 9.78 Å². The Kier molecular flexibility index (Phi) is 3.36. The summed E-state index contributed by atoms with van der Waals surface area (Å²) in [5.41, 5.74) is 1.85. The fourth-order valence-electron chi connectivity index (χ4n) is 2.24. The van der Waals surface area contributed by atoms with Gasteiger partial charge in [0.05, 0.1) is 16.6 Å². The summed E-state index contributed by atoms with van der Waals surface area (Å²) in [5, 5.41) is 9.28. The van der Waals surface area contributed by atoms with Crippen LogP contribution >= 0.6 is 0 Å². The number of aromatic carboxylic acids is 1. The molecule has 0 bridgehead atoms. The van der Waals surface area contributed by atoms with E-state index in [1.165, 1.54) is 0 Å². The van der Waals surface area contributed by atoms with Gasteiger partial charge in [-0.1, -0.05) is 26.8 Å². The van der Waals surface area contributed by atoms with Crippen molar-refractivity contribution in [3.8, 4) is 0 Å². The van der Waals surface area contributed by atoms with E-state index in [1.54, 1.807) is 12.1 Å².